The fourth-order valence-electron chi connectivity index (χ4n) is 2.37. The molecule has 0 aliphatic carbocycles. The molecule has 2 fully saturated rings. The van der Waals surface area contributed by atoms with Gasteiger partial charge in [-0.05, 0) is 20.8 Å². The Kier molecular flexibility index (Phi) is 2.58. The molecule has 0 aromatic carbocycles. The molecule has 0 aromatic rings. The lowest BCUT2D eigenvalue weighted by molar-refractivity contribution is 0.0627. The normalized spacial score (nSPS) is 42.9. The maximum absolute atomic E-state index is 5.76. The molecule has 0 bridgehead atoms. The van der Waals surface area contributed by atoms with E-state index in [9.17, 15) is 0 Å². The number of ether oxygens (including phenoxy) is 2. The summed E-state index contributed by atoms with van der Waals surface area (Å²) in [5.74, 6) is 0.548. The van der Waals surface area contributed by atoms with Crippen molar-refractivity contribution in [3.8, 4) is 0 Å². The topological polar surface area (TPSA) is 30.5 Å². The smallest absolute Gasteiger partial charge is 0.101 e. The van der Waals surface area contributed by atoms with Gasteiger partial charge >= 0.3 is 0 Å². The molecule has 2 heterocycles. The second kappa shape index (κ2) is 3.47. The van der Waals surface area contributed by atoms with Crippen molar-refractivity contribution in [3.05, 3.63) is 0 Å². The van der Waals surface area contributed by atoms with E-state index in [1.807, 2.05) is 0 Å². The first-order valence-electron chi connectivity index (χ1n) is 5.48. The highest BCUT2D eigenvalue weighted by Crippen LogP contribution is 2.31. The molecule has 82 valence electrons. The van der Waals surface area contributed by atoms with Crippen molar-refractivity contribution >= 4 is 0 Å². The molecule has 2 aliphatic heterocycles. The van der Waals surface area contributed by atoms with Crippen LogP contribution < -0.4 is 5.32 Å². The predicted octanol–water partition coefficient (Wildman–Crippen LogP) is 1.18. The van der Waals surface area contributed by atoms with Crippen molar-refractivity contribution in [2.75, 3.05) is 13.2 Å². The summed E-state index contributed by atoms with van der Waals surface area (Å²) in [4.78, 5) is 0. The molecule has 0 saturated carbocycles. The average molecular weight is 199 g/mol. The van der Waals surface area contributed by atoms with E-state index in [0.29, 0.717) is 18.1 Å². The molecular formula is C11H21NO2. The summed E-state index contributed by atoms with van der Waals surface area (Å²) in [6.07, 6.45) is 0.582. The Balaban J connectivity index is 1.97. The number of fused-ring (bicyclic) bond motifs is 1. The van der Waals surface area contributed by atoms with Crippen LogP contribution in [0, 0.1) is 5.92 Å². The summed E-state index contributed by atoms with van der Waals surface area (Å²) in [7, 11) is 0. The SMILES string of the molecule is CC1CO[C@H]2C(NC(C)(C)C)CO[C@@H]12. The van der Waals surface area contributed by atoms with E-state index in [1.54, 1.807) is 0 Å². The van der Waals surface area contributed by atoms with E-state index >= 15 is 0 Å². The lowest BCUT2D eigenvalue weighted by Gasteiger charge is -2.27. The van der Waals surface area contributed by atoms with Gasteiger partial charge in [0, 0.05) is 11.5 Å². The van der Waals surface area contributed by atoms with Gasteiger partial charge in [-0.1, -0.05) is 6.92 Å². The van der Waals surface area contributed by atoms with E-state index < -0.39 is 0 Å². The van der Waals surface area contributed by atoms with E-state index in [4.69, 9.17) is 9.47 Å². The van der Waals surface area contributed by atoms with Crippen LogP contribution in [0.3, 0.4) is 0 Å². The van der Waals surface area contributed by atoms with Crippen LogP contribution in [0.15, 0.2) is 0 Å². The van der Waals surface area contributed by atoms with Crippen LogP contribution in [-0.4, -0.2) is 37.0 Å². The van der Waals surface area contributed by atoms with Crippen molar-refractivity contribution in [3.63, 3.8) is 0 Å². The molecule has 2 saturated heterocycles. The van der Waals surface area contributed by atoms with Gasteiger partial charge in [-0.3, -0.25) is 0 Å². The zero-order valence-electron chi connectivity index (χ0n) is 9.54. The fourth-order valence-corrected chi connectivity index (χ4v) is 2.37. The van der Waals surface area contributed by atoms with E-state index in [2.05, 4.69) is 33.0 Å². The molecule has 3 heteroatoms. The Hall–Kier alpha value is -0.120. The lowest BCUT2D eigenvalue weighted by atomic mass is 10.00. The summed E-state index contributed by atoms with van der Waals surface area (Å²) < 4.78 is 11.5. The molecule has 0 radical (unpaired) electrons. The first-order valence-corrected chi connectivity index (χ1v) is 5.48. The quantitative estimate of drug-likeness (QED) is 0.688. The van der Waals surface area contributed by atoms with Crippen molar-refractivity contribution in [2.24, 2.45) is 5.92 Å². The minimum atomic E-state index is 0.137. The molecular weight excluding hydrogens is 178 g/mol. The first kappa shape index (κ1) is 10.4. The third-order valence-electron chi connectivity index (χ3n) is 2.92. The second-order valence-electron chi connectivity index (χ2n) is 5.57. The van der Waals surface area contributed by atoms with Crippen LogP contribution >= 0.6 is 0 Å². The van der Waals surface area contributed by atoms with Crippen molar-refractivity contribution in [2.45, 2.75) is 51.5 Å². The highest BCUT2D eigenvalue weighted by atomic mass is 16.6. The average Bonchev–Trinajstić information content (AvgIpc) is 2.55. The zero-order valence-corrected chi connectivity index (χ0v) is 9.54. The monoisotopic (exact) mass is 199 g/mol. The van der Waals surface area contributed by atoms with Crippen LogP contribution in [0.25, 0.3) is 0 Å². The summed E-state index contributed by atoms with van der Waals surface area (Å²) in [6, 6.07) is 0.366. The van der Waals surface area contributed by atoms with Gasteiger partial charge in [-0.15, -0.1) is 0 Å². The van der Waals surface area contributed by atoms with Gasteiger partial charge in [0.05, 0.1) is 25.4 Å². The molecule has 2 aliphatic rings. The zero-order chi connectivity index (χ0) is 10.3. The van der Waals surface area contributed by atoms with Gasteiger partial charge in [-0.2, -0.15) is 0 Å². The Bertz CT molecular complexity index is 212. The molecule has 4 atom stereocenters. The van der Waals surface area contributed by atoms with Gasteiger partial charge in [0.25, 0.3) is 0 Å². The highest BCUT2D eigenvalue weighted by molar-refractivity contribution is 4.98. The third kappa shape index (κ3) is 1.95. The van der Waals surface area contributed by atoms with Crippen LogP contribution in [0.2, 0.25) is 0 Å². The minimum absolute atomic E-state index is 0.137. The number of hydrogen-bond donors (Lipinski definition) is 1. The maximum atomic E-state index is 5.76. The van der Waals surface area contributed by atoms with E-state index in [1.165, 1.54) is 0 Å². The first-order chi connectivity index (χ1) is 6.47. The molecule has 2 rings (SSSR count). The van der Waals surface area contributed by atoms with Crippen molar-refractivity contribution in [1.82, 2.24) is 5.32 Å². The summed E-state index contributed by atoms with van der Waals surface area (Å²) in [6.45, 7) is 10.4. The second-order valence-corrected chi connectivity index (χ2v) is 5.57. The molecule has 3 nitrogen and oxygen atoms in total. The van der Waals surface area contributed by atoms with Crippen LogP contribution in [-0.2, 0) is 9.47 Å². The molecule has 14 heavy (non-hydrogen) atoms. The Morgan fingerprint density at radius 2 is 1.71 bits per heavy atom. The Morgan fingerprint density at radius 3 is 2.36 bits per heavy atom. The summed E-state index contributed by atoms with van der Waals surface area (Å²) in [5.41, 5.74) is 0.137. The largest absolute Gasteiger partial charge is 0.373 e. The summed E-state index contributed by atoms with van der Waals surface area (Å²) in [5, 5.41) is 3.56. The molecule has 0 spiro atoms. The Labute approximate surface area is 86.2 Å². The Morgan fingerprint density at radius 1 is 1.07 bits per heavy atom. The minimum Gasteiger partial charge on any atom is -0.373 e. The molecule has 1 N–H and O–H groups in total. The van der Waals surface area contributed by atoms with E-state index in [0.717, 1.165) is 13.2 Å². The number of nitrogens with one attached hydrogen (secondary N) is 1. The van der Waals surface area contributed by atoms with Gasteiger partial charge < -0.3 is 14.8 Å². The van der Waals surface area contributed by atoms with E-state index in [-0.39, 0.29) is 11.6 Å². The van der Waals surface area contributed by atoms with Crippen LogP contribution in [0.5, 0.6) is 0 Å². The van der Waals surface area contributed by atoms with Gasteiger partial charge in [0.2, 0.25) is 0 Å². The standard InChI is InChI=1S/C11H21NO2/c1-7-5-13-10-8(6-14-9(7)10)12-11(2,3)4/h7-10,12H,5-6H2,1-4H3/t7?,8?,9-,10-/m0/s1. The molecule has 0 aromatic heterocycles. The highest BCUT2D eigenvalue weighted by Gasteiger charge is 2.46. The molecule has 0 amide bonds. The number of rotatable bonds is 1. The van der Waals surface area contributed by atoms with Crippen LogP contribution in [0.1, 0.15) is 27.7 Å². The summed E-state index contributed by atoms with van der Waals surface area (Å²) >= 11 is 0. The van der Waals surface area contributed by atoms with Crippen molar-refractivity contribution in [1.29, 1.82) is 0 Å². The van der Waals surface area contributed by atoms with Gasteiger partial charge in [0.1, 0.15) is 6.10 Å². The molecule has 2 unspecified atom stereocenters. The lowest BCUT2D eigenvalue weighted by Crippen LogP contribution is -2.49. The predicted molar refractivity (Wildman–Crippen MR) is 55.3 cm³/mol. The van der Waals surface area contributed by atoms with Crippen molar-refractivity contribution < 1.29 is 9.47 Å². The number of hydrogen-bond acceptors (Lipinski definition) is 3. The third-order valence-corrected chi connectivity index (χ3v) is 2.92. The van der Waals surface area contributed by atoms with Crippen LogP contribution in [0.4, 0.5) is 0 Å². The fraction of sp³-hybridized carbons (Fsp3) is 1.00. The maximum Gasteiger partial charge on any atom is 0.101 e. The van der Waals surface area contributed by atoms with Gasteiger partial charge in [0.15, 0.2) is 0 Å². The van der Waals surface area contributed by atoms with Gasteiger partial charge in [-0.25, -0.2) is 0 Å².